The molecule has 0 aromatic carbocycles. The highest BCUT2D eigenvalue weighted by atomic mass is 79.9. The van der Waals surface area contributed by atoms with Crippen LogP contribution in [-0.2, 0) is 10.0 Å². The van der Waals surface area contributed by atoms with Crippen LogP contribution in [0.5, 0.6) is 0 Å². The number of hydrogen-bond donors (Lipinski definition) is 2. The van der Waals surface area contributed by atoms with Gasteiger partial charge in [-0.25, -0.2) is 13.1 Å². The Kier molecular flexibility index (Phi) is 3.37. The molecule has 2 N–H and O–H groups in total. The summed E-state index contributed by atoms with van der Waals surface area (Å²) in [5, 5.41) is 6.90. The van der Waals surface area contributed by atoms with E-state index in [1.54, 1.807) is 0 Å². The average Bonchev–Trinajstić information content (AvgIpc) is 2.87. The van der Waals surface area contributed by atoms with E-state index in [4.69, 9.17) is 0 Å². The second kappa shape index (κ2) is 4.46. The van der Waals surface area contributed by atoms with Gasteiger partial charge in [0, 0.05) is 10.9 Å². The van der Waals surface area contributed by atoms with Crippen molar-refractivity contribution in [3.05, 3.63) is 12.3 Å². The van der Waals surface area contributed by atoms with Gasteiger partial charge in [0.05, 0.1) is 6.20 Å². The Morgan fingerprint density at radius 3 is 2.69 bits per heavy atom. The smallest absolute Gasteiger partial charge is 0.257 e. The summed E-state index contributed by atoms with van der Waals surface area (Å²) in [4.78, 5) is 0. The van der Waals surface area contributed by atoms with Gasteiger partial charge >= 0.3 is 0 Å². The van der Waals surface area contributed by atoms with E-state index >= 15 is 0 Å². The van der Waals surface area contributed by atoms with Crippen LogP contribution in [0.4, 0.5) is 0 Å². The molecular weight excluding hydrogens is 294 g/mol. The second-order valence-electron chi connectivity index (χ2n) is 4.15. The molecule has 0 saturated heterocycles. The quantitative estimate of drug-likeness (QED) is 0.826. The van der Waals surface area contributed by atoms with Crippen molar-refractivity contribution in [3.8, 4) is 0 Å². The molecule has 1 heterocycles. The maximum atomic E-state index is 12.0. The molecule has 5 nitrogen and oxygen atoms in total. The molecule has 1 aliphatic carbocycles. The highest BCUT2D eigenvalue weighted by Gasteiger charge is 2.37. The lowest BCUT2D eigenvalue weighted by Crippen LogP contribution is -2.47. The largest absolute Gasteiger partial charge is 0.266 e. The first-order chi connectivity index (χ1) is 7.58. The highest BCUT2D eigenvalue weighted by Crippen LogP contribution is 2.32. The van der Waals surface area contributed by atoms with Crippen LogP contribution >= 0.6 is 15.9 Å². The molecular formula is C9H14BrN3O2S. The second-order valence-corrected chi connectivity index (χ2v) is 6.36. The molecule has 90 valence electrons. The lowest BCUT2D eigenvalue weighted by Gasteiger charge is -2.27. The maximum Gasteiger partial charge on any atom is 0.257 e. The first-order valence-electron chi connectivity index (χ1n) is 5.17. The summed E-state index contributed by atoms with van der Waals surface area (Å²) in [6.07, 6.45) is 5.33. The Morgan fingerprint density at radius 1 is 1.50 bits per heavy atom. The lowest BCUT2D eigenvalue weighted by molar-refractivity contribution is 0.437. The highest BCUT2D eigenvalue weighted by molar-refractivity contribution is 9.09. The lowest BCUT2D eigenvalue weighted by atomic mass is 10.0. The third-order valence-electron chi connectivity index (χ3n) is 2.93. The molecule has 0 amide bonds. The molecule has 0 radical (unpaired) electrons. The fraction of sp³-hybridized carbons (Fsp3) is 0.667. The van der Waals surface area contributed by atoms with Crippen molar-refractivity contribution in [1.82, 2.24) is 14.9 Å². The molecule has 2 rings (SSSR count). The van der Waals surface area contributed by atoms with E-state index in [1.165, 1.54) is 12.3 Å². The first-order valence-corrected chi connectivity index (χ1v) is 7.78. The Morgan fingerprint density at radius 2 is 2.19 bits per heavy atom. The topological polar surface area (TPSA) is 74.8 Å². The number of halogens is 1. The molecule has 7 heteroatoms. The van der Waals surface area contributed by atoms with Crippen molar-refractivity contribution in [2.75, 3.05) is 5.33 Å². The number of sulfonamides is 1. The molecule has 0 bridgehead atoms. The Hall–Kier alpha value is -0.400. The zero-order valence-electron chi connectivity index (χ0n) is 8.74. The number of nitrogens with zero attached hydrogens (tertiary/aromatic N) is 1. The van der Waals surface area contributed by atoms with Gasteiger partial charge in [0.15, 0.2) is 5.03 Å². The van der Waals surface area contributed by atoms with Crippen LogP contribution in [-0.4, -0.2) is 29.5 Å². The summed E-state index contributed by atoms with van der Waals surface area (Å²) in [7, 11) is -3.47. The number of aromatic amines is 1. The minimum absolute atomic E-state index is 0.125. The van der Waals surface area contributed by atoms with E-state index in [1.807, 2.05) is 0 Å². The van der Waals surface area contributed by atoms with Crippen LogP contribution in [0, 0.1) is 0 Å². The van der Waals surface area contributed by atoms with E-state index in [0.29, 0.717) is 5.33 Å². The van der Waals surface area contributed by atoms with Crippen LogP contribution in [0.15, 0.2) is 17.3 Å². The van der Waals surface area contributed by atoms with Crippen molar-refractivity contribution >= 4 is 26.0 Å². The number of nitrogens with one attached hydrogen (secondary N) is 2. The SMILES string of the molecule is O=S(=O)(NC1(CBr)CCCC1)c1ccn[nH]1. The fourth-order valence-corrected chi connectivity index (χ4v) is 4.30. The minimum atomic E-state index is -3.47. The molecule has 0 unspecified atom stereocenters. The summed E-state index contributed by atoms with van der Waals surface area (Å²) in [6.45, 7) is 0. The molecule has 1 saturated carbocycles. The Bertz CT molecular complexity index is 437. The Labute approximate surface area is 103 Å². The third kappa shape index (κ3) is 2.31. The van der Waals surface area contributed by atoms with Crippen LogP contribution in [0.25, 0.3) is 0 Å². The van der Waals surface area contributed by atoms with Gasteiger partial charge in [0.2, 0.25) is 0 Å². The predicted molar refractivity (Wildman–Crippen MR) is 63.9 cm³/mol. The van der Waals surface area contributed by atoms with Gasteiger partial charge in [-0.15, -0.1) is 0 Å². The third-order valence-corrected chi connectivity index (χ3v) is 5.51. The minimum Gasteiger partial charge on any atom is -0.266 e. The van der Waals surface area contributed by atoms with E-state index < -0.39 is 10.0 Å². The van der Waals surface area contributed by atoms with Gasteiger partial charge in [-0.1, -0.05) is 28.8 Å². The van der Waals surface area contributed by atoms with Crippen molar-refractivity contribution in [3.63, 3.8) is 0 Å². The molecule has 0 spiro atoms. The summed E-state index contributed by atoms with van der Waals surface area (Å²) in [6, 6.07) is 1.46. The van der Waals surface area contributed by atoms with Crippen molar-refractivity contribution in [2.24, 2.45) is 0 Å². The number of aromatic nitrogens is 2. The van der Waals surface area contributed by atoms with Crippen LogP contribution in [0.3, 0.4) is 0 Å². The zero-order chi connectivity index (χ0) is 11.6. The van der Waals surface area contributed by atoms with Gasteiger partial charge in [-0.05, 0) is 18.9 Å². The number of rotatable bonds is 4. The Balaban J connectivity index is 2.20. The van der Waals surface area contributed by atoms with Crippen LogP contribution in [0.2, 0.25) is 0 Å². The summed E-state index contributed by atoms with van der Waals surface area (Å²) >= 11 is 3.40. The standard InChI is InChI=1S/C9H14BrN3O2S/c10-7-9(4-1-2-5-9)13-16(14,15)8-3-6-11-12-8/h3,6,13H,1-2,4-5,7H2,(H,11,12). The van der Waals surface area contributed by atoms with Crippen molar-refractivity contribution in [2.45, 2.75) is 36.2 Å². The summed E-state index contributed by atoms with van der Waals surface area (Å²) in [5.74, 6) is 0. The van der Waals surface area contributed by atoms with Gasteiger partial charge in [0.25, 0.3) is 10.0 Å². The predicted octanol–water partition coefficient (Wildman–Crippen LogP) is 1.40. The normalized spacial score (nSPS) is 20.1. The molecule has 1 fully saturated rings. The van der Waals surface area contributed by atoms with E-state index in [9.17, 15) is 8.42 Å². The van der Waals surface area contributed by atoms with Crippen LogP contribution in [0.1, 0.15) is 25.7 Å². The molecule has 1 aromatic rings. The van der Waals surface area contributed by atoms with Crippen LogP contribution < -0.4 is 4.72 Å². The molecule has 0 aliphatic heterocycles. The first kappa shape index (κ1) is 12.1. The van der Waals surface area contributed by atoms with E-state index in [0.717, 1.165) is 25.7 Å². The van der Waals surface area contributed by atoms with Crippen molar-refractivity contribution < 1.29 is 8.42 Å². The van der Waals surface area contributed by atoms with Gasteiger partial charge in [0.1, 0.15) is 0 Å². The molecule has 1 aromatic heterocycles. The summed E-state index contributed by atoms with van der Waals surface area (Å²) < 4.78 is 26.8. The molecule has 1 aliphatic rings. The van der Waals surface area contributed by atoms with Gasteiger partial charge in [-0.3, -0.25) is 5.10 Å². The fourth-order valence-electron chi connectivity index (χ4n) is 2.05. The van der Waals surface area contributed by atoms with Crippen molar-refractivity contribution in [1.29, 1.82) is 0 Å². The van der Waals surface area contributed by atoms with Gasteiger partial charge in [-0.2, -0.15) is 5.10 Å². The number of alkyl halides is 1. The maximum absolute atomic E-state index is 12.0. The summed E-state index contributed by atoms with van der Waals surface area (Å²) in [5.41, 5.74) is -0.329. The monoisotopic (exact) mass is 307 g/mol. The number of hydrogen-bond acceptors (Lipinski definition) is 3. The average molecular weight is 308 g/mol. The molecule has 16 heavy (non-hydrogen) atoms. The van der Waals surface area contributed by atoms with E-state index in [2.05, 4.69) is 30.8 Å². The number of H-pyrrole nitrogens is 1. The van der Waals surface area contributed by atoms with E-state index in [-0.39, 0.29) is 10.6 Å². The zero-order valence-corrected chi connectivity index (χ0v) is 11.1. The molecule has 0 atom stereocenters. The van der Waals surface area contributed by atoms with Gasteiger partial charge < -0.3 is 0 Å².